The number of hydrogen-bond donors (Lipinski definition) is 2. The van der Waals surface area contributed by atoms with E-state index in [1.807, 2.05) is 0 Å². The van der Waals surface area contributed by atoms with Crippen molar-refractivity contribution in [2.24, 2.45) is 23.3 Å². The Morgan fingerprint density at radius 1 is 1.17 bits per heavy atom. The van der Waals surface area contributed by atoms with Gasteiger partial charge in [-0.05, 0) is 37.6 Å². The Kier molecular flexibility index (Phi) is 6.39. The third kappa shape index (κ3) is 5.56. The Morgan fingerprint density at radius 3 is 2.17 bits per heavy atom. The Morgan fingerprint density at radius 2 is 1.75 bits per heavy atom. The highest BCUT2D eigenvalue weighted by molar-refractivity contribution is 4.70. The molecule has 0 aromatic rings. The van der Waals surface area contributed by atoms with Gasteiger partial charge in [-0.15, -0.1) is 0 Å². The van der Waals surface area contributed by atoms with Gasteiger partial charge in [0.15, 0.2) is 0 Å². The molecule has 0 amide bonds. The maximum absolute atomic E-state index is 6.00. The van der Waals surface area contributed by atoms with E-state index < -0.39 is 0 Å². The molecular weight excluding hydrogens is 148 g/mol. The van der Waals surface area contributed by atoms with Gasteiger partial charge < -0.3 is 11.5 Å². The first kappa shape index (κ1) is 11.9. The Bertz CT molecular complexity index is 102. The Balaban J connectivity index is 3.53. The molecule has 0 fully saturated rings. The lowest BCUT2D eigenvalue weighted by Gasteiger charge is -2.21. The van der Waals surface area contributed by atoms with E-state index in [1.165, 1.54) is 6.42 Å². The van der Waals surface area contributed by atoms with Gasteiger partial charge in [-0.3, -0.25) is 0 Å². The van der Waals surface area contributed by atoms with Crippen molar-refractivity contribution >= 4 is 0 Å². The van der Waals surface area contributed by atoms with Crippen LogP contribution in [0.3, 0.4) is 0 Å². The van der Waals surface area contributed by atoms with Crippen LogP contribution in [-0.2, 0) is 0 Å². The van der Waals surface area contributed by atoms with Crippen molar-refractivity contribution in [1.29, 1.82) is 0 Å². The smallest absolute Gasteiger partial charge is 0.00650 e. The minimum absolute atomic E-state index is 0.343. The molecule has 0 aromatic heterocycles. The van der Waals surface area contributed by atoms with Gasteiger partial charge in [0.05, 0.1) is 0 Å². The van der Waals surface area contributed by atoms with Gasteiger partial charge in [-0.2, -0.15) is 0 Å². The maximum Gasteiger partial charge on any atom is 0.00650 e. The molecule has 0 spiro atoms. The lowest BCUT2D eigenvalue weighted by molar-refractivity contribution is 0.355. The summed E-state index contributed by atoms with van der Waals surface area (Å²) in [7, 11) is 0. The molecule has 0 aliphatic heterocycles. The highest BCUT2D eigenvalue weighted by atomic mass is 14.6. The second-order valence-electron chi connectivity index (χ2n) is 4.20. The molecule has 0 rings (SSSR count). The Hall–Kier alpha value is -0.0800. The summed E-state index contributed by atoms with van der Waals surface area (Å²) in [5, 5.41) is 0. The highest BCUT2D eigenvalue weighted by Gasteiger charge is 2.12. The SMILES string of the molecule is CC(C)CC(C)C(N)CCCN. The van der Waals surface area contributed by atoms with E-state index in [0.717, 1.165) is 25.3 Å². The molecule has 0 saturated heterocycles. The second kappa shape index (κ2) is 6.44. The number of nitrogens with two attached hydrogens (primary N) is 2. The van der Waals surface area contributed by atoms with Crippen LogP contribution in [0.4, 0.5) is 0 Å². The average molecular weight is 172 g/mol. The van der Waals surface area contributed by atoms with Crippen LogP contribution in [0.15, 0.2) is 0 Å². The summed E-state index contributed by atoms with van der Waals surface area (Å²) in [6.45, 7) is 7.49. The zero-order valence-electron chi connectivity index (χ0n) is 8.72. The molecule has 0 aromatic carbocycles. The number of hydrogen-bond acceptors (Lipinski definition) is 2. The first-order valence-corrected chi connectivity index (χ1v) is 5.03. The molecule has 2 nitrogen and oxygen atoms in total. The lowest BCUT2D eigenvalue weighted by Crippen LogP contribution is -2.29. The normalized spacial score (nSPS) is 16.5. The van der Waals surface area contributed by atoms with Crippen LogP contribution >= 0.6 is 0 Å². The van der Waals surface area contributed by atoms with E-state index >= 15 is 0 Å². The largest absolute Gasteiger partial charge is 0.330 e. The molecule has 0 bridgehead atoms. The van der Waals surface area contributed by atoms with Crippen LogP contribution < -0.4 is 11.5 Å². The van der Waals surface area contributed by atoms with E-state index in [4.69, 9.17) is 11.5 Å². The molecule has 12 heavy (non-hydrogen) atoms. The van der Waals surface area contributed by atoms with Crippen molar-refractivity contribution in [2.45, 2.75) is 46.1 Å². The standard InChI is InChI=1S/C10H24N2/c1-8(2)7-9(3)10(12)5-4-6-11/h8-10H,4-7,11-12H2,1-3H3. The third-order valence-electron chi connectivity index (χ3n) is 2.32. The van der Waals surface area contributed by atoms with Crippen LogP contribution in [0.2, 0.25) is 0 Å². The zero-order chi connectivity index (χ0) is 9.56. The van der Waals surface area contributed by atoms with Gasteiger partial charge in [0.25, 0.3) is 0 Å². The molecule has 4 N–H and O–H groups in total. The first-order chi connectivity index (χ1) is 5.57. The quantitative estimate of drug-likeness (QED) is 0.641. The van der Waals surface area contributed by atoms with Gasteiger partial charge in [-0.25, -0.2) is 0 Å². The van der Waals surface area contributed by atoms with E-state index in [-0.39, 0.29) is 0 Å². The monoisotopic (exact) mass is 172 g/mol. The Labute approximate surface area is 76.7 Å². The summed E-state index contributed by atoms with van der Waals surface area (Å²) in [6.07, 6.45) is 3.36. The average Bonchev–Trinajstić information content (AvgIpc) is 1.98. The maximum atomic E-state index is 6.00. The predicted molar refractivity (Wildman–Crippen MR) is 54.9 cm³/mol. The van der Waals surface area contributed by atoms with E-state index in [2.05, 4.69) is 20.8 Å². The minimum Gasteiger partial charge on any atom is -0.330 e. The molecule has 0 radical (unpaired) electrons. The molecule has 2 heteroatoms. The van der Waals surface area contributed by atoms with Gasteiger partial charge in [0.2, 0.25) is 0 Å². The third-order valence-corrected chi connectivity index (χ3v) is 2.32. The van der Waals surface area contributed by atoms with Gasteiger partial charge >= 0.3 is 0 Å². The molecule has 0 aliphatic carbocycles. The summed E-state index contributed by atoms with van der Waals surface area (Å²) in [4.78, 5) is 0. The fourth-order valence-corrected chi connectivity index (χ4v) is 1.56. The summed E-state index contributed by atoms with van der Waals surface area (Å²) >= 11 is 0. The van der Waals surface area contributed by atoms with Gasteiger partial charge in [-0.1, -0.05) is 20.8 Å². The molecule has 0 aliphatic rings. The van der Waals surface area contributed by atoms with Crippen molar-refractivity contribution in [3.05, 3.63) is 0 Å². The van der Waals surface area contributed by atoms with E-state index in [1.54, 1.807) is 0 Å². The first-order valence-electron chi connectivity index (χ1n) is 5.03. The van der Waals surface area contributed by atoms with Crippen molar-refractivity contribution in [3.63, 3.8) is 0 Å². The van der Waals surface area contributed by atoms with Crippen molar-refractivity contribution in [3.8, 4) is 0 Å². The summed E-state index contributed by atoms with van der Waals surface area (Å²) in [5.74, 6) is 1.39. The summed E-state index contributed by atoms with van der Waals surface area (Å²) < 4.78 is 0. The molecular formula is C10H24N2. The van der Waals surface area contributed by atoms with E-state index in [9.17, 15) is 0 Å². The molecule has 0 heterocycles. The number of rotatable bonds is 6. The molecule has 74 valence electrons. The van der Waals surface area contributed by atoms with Crippen LogP contribution in [-0.4, -0.2) is 12.6 Å². The zero-order valence-corrected chi connectivity index (χ0v) is 8.72. The topological polar surface area (TPSA) is 52.0 Å². The van der Waals surface area contributed by atoms with Crippen molar-refractivity contribution < 1.29 is 0 Å². The van der Waals surface area contributed by atoms with E-state index in [0.29, 0.717) is 12.0 Å². The minimum atomic E-state index is 0.343. The lowest BCUT2D eigenvalue weighted by atomic mass is 9.90. The van der Waals surface area contributed by atoms with Crippen LogP contribution in [0.1, 0.15) is 40.0 Å². The van der Waals surface area contributed by atoms with Gasteiger partial charge in [0, 0.05) is 6.04 Å². The fourth-order valence-electron chi connectivity index (χ4n) is 1.56. The molecule has 2 unspecified atom stereocenters. The second-order valence-corrected chi connectivity index (χ2v) is 4.20. The molecule has 2 atom stereocenters. The van der Waals surface area contributed by atoms with Gasteiger partial charge in [0.1, 0.15) is 0 Å². The fraction of sp³-hybridized carbons (Fsp3) is 1.00. The van der Waals surface area contributed by atoms with Crippen molar-refractivity contribution in [2.75, 3.05) is 6.54 Å². The van der Waals surface area contributed by atoms with Crippen molar-refractivity contribution in [1.82, 2.24) is 0 Å². The highest BCUT2D eigenvalue weighted by Crippen LogP contribution is 2.16. The van der Waals surface area contributed by atoms with Crippen LogP contribution in [0, 0.1) is 11.8 Å². The van der Waals surface area contributed by atoms with Crippen LogP contribution in [0.25, 0.3) is 0 Å². The summed E-state index contributed by atoms with van der Waals surface area (Å²) in [5.41, 5.74) is 11.4. The predicted octanol–water partition coefficient (Wildman–Crippen LogP) is 1.73. The summed E-state index contributed by atoms with van der Waals surface area (Å²) in [6, 6.07) is 0.343. The van der Waals surface area contributed by atoms with Crippen LogP contribution in [0.5, 0.6) is 0 Å². The molecule has 0 saturated carbocycles.